The summed E-state index contributed by atoms with van der Waals surface area (Å²) in [6, 6.07) is 11.0. The largest absolute Gasteiger partial charge is 0.495 e. The number of benzene rings is 2. The molecule has 0 heterocycles. The molecule has 140 valence electrons. The summed E-state index contributed by atoms with van der Waals surface area (Å²) in [5.74, 6) is 1.12. The van der Waals surface area contributed by atoms with Crippen LogP contribution >= 0.6 is 23.2 Å². The molecule has 0 aromatic heterocycles. The fourth-order valence-corrected chi connectivity index (χ4v) is 2.75. The molecule has 2 aromatic carbocycles. The fraction of sp³-hybridized carbons (Fsp3) is 0.316. The van der Waals surface area contributed by atoms with Crippen LogP contribution in [-0.4, -0.2) is 33.2 Å². The van der Waals surface area contributed by atoms with Crippen LogP contribution in [0.3, 0.4) is 0 Å². The second kappa shape index (κ2) is 10.1. The summed E-state index contributed by atoms with van der Waals surface area (Å²) in [6.45, 7) is 1.05. The van der Waals surface area contributed by atoms with Gasteiger partial charge in [0.25, 0.3) is 0 Å². The van der Waals surface area contributed by atoms with E-state index in [0.29, 0.717) is 41.1 Å². The first-order valence-electron chi connectivity index (χ1n) is 8.20. The zero-order chi connectivity index (χ0) is 18.9. The zero-order valence-electron chi connectivity index (χ0n) is 14.8. The van der Waals surface area contributed by atoms with Crippen LogP contribution in [-0.2, 0) is 11.2 Å². The van der Waals surface area contributed by atoms with Crippen LogP contribution in [0.4, 0.5) is 5.69 Å². The lowest BCUT2D eigenvalue weighted by Crippen LogP contribution is -2.27. The molecule has 0 fully saturated rings. The van der Waals surface area contributed by atoms with Crippen molar-refractivity contribution in [1.29, 1.82) is 0 Å². The third kappa shape index (κ3) is 6.00. The van der Waals surface area contributed by atoms with E-state index in [4.69, 9.17) is 32.7 Å². The second-order valence-electron chi connectivity index (χ2n) is 5.59. The van der Waals surface area contributed by atoms with Crippen molar-refractivity contribution in [2.45, 2.75) is 12.8 Å². The van der Waals surface area contributed by atoms with E-state index in [1.165, 1.54) is 0 Å². The third-order valence-electron chi connectivity index (χ3n) is 3.79. The summed E-state index contributed by atoms with van der Waals surface area (Å²) in [4.78, 5) is 12.0. The van der Waals surface area contributed by atoms with Crippen LogP contribution in [0.5, 0.6) is 11.5 Å². The maximum absolute atomic E-state index is 12.0. The Kier molecular flexibility index (Phi) is 7.88. The van der Waals surface area contributed by atoms with Gasteiger partial charge in [-0.1, -0.05) is 35.3 Å². The number of carbonyl (C=O) groups is 1. The summed E-state index contributed by atoms with van der Waals surface area (Å²) >= 11 is 11.9. The minimum Gasteiger partial charge on any atom is -0.495 e. The number of hydrogen-bond donors (Lipinski definition) is 2. The molecule has 5 nitrogen and oxygen atoms in total. The van der Waals surface area contributed by atoms with Crippen LogP contribution in [0.1, 0.15) is 12.0 Å². The van der Waals surface area contributed by atoms with Crippen molar-refractivity contribution < 1.29 is 14.3 Å². The molecule has 0 saturated carbocycles. The van der Waals surface area contributed by atoms with Gasteiger partial charge in [-0.2, -0.15) is 0 Å². The number of halogens is 2. The first kappa shape index (κ1) is 20.2. The first-order valence-corrected chi connectivity index (χ1v) is 8.95. The lowest BCUT2D eigenvalue weighted by molar-refractivity contribution is -0.120. The number of ether oxygens (including phenoxy) is 2. The summed E-state index contributed by atoms with van der Waals surface area (Å²) < 4.78 is 10.5. The molecule has 0 aliphatic carbocycles. The standard InChI is InChI=1S/C19H22Cl2N2O3/c1-25-17-12-16(18(26-2)11-15(17)21)22-10-8-19(24)23-9-7-13-3-5-14(20)6-4-13/h3-6,11-12,22H,7-10H2,1-2H3,(H,23,24). The number of methoxy groups -OCH3 is 2. The van der Waals surface area contributed by atoms with Gasteiger partial charge >= 0.3 is 0 Å². The third-order valence-corrected chi connectivity index (χ3v) is 4.34. The van der Waals surface area contributed by atoms with Crippen molar-refractivity contribution in [2.24, 2.45) is 0 Å². The summed E-state index contributed by atoms with van der Waals surface area (Å²) in [5.41, 5.74) is 1.86. The van der Waals surface area contributed by atoms with Crippen LogP contribution in [0.25, 0.3) is 0 Å². The molecule has 2 N–H and O–H groups in total. The van der Waals surface area contributed by atoms with E-state index in [0.717, 1.165) is 17.7 Å². The van der Waals surface area contributed by atoms with Crippen LogP contribution < -0.4 is 20.1 Å². The molecule has 0 aliphatic rings. The highest BCUT2D eigenvalue weighted by Crippen LogP contribution is 2.35. The summed E-state index contributed by atoms with van der Waals surface area (Å²) in [6.07, 6.45) is 1.10. The van der Waals surface area contributed by atoms with Gasteiger partial charge in [-0.25, -0.2) is 0 Å². The smallest absolute Gasteiger partial charge is 0.221 e. The van der Waals surface area contributed by atoms with E-state index in [9.17, 15) is 4.79 Å². The van der Waals surface area contributed by atoms with Crippen molar-refractivity contribution in [3.8, 4) is 11.5 Å². The van der Waals surface area contributed by atoms with E-state index >= 15 is 0 Å². The van der Waals surface area contributed by atoms with Crippen LogP contribution in [0.15, 0.2) is 36.4 Å². The monoisotopic (exact) mass is 396 g/mol. The van der Waals surface area contributed by atoms with Crippen molar-refractivity contribution in [3.05, 3.63) is 52.0 Å². The van der Waals surface area contributed by atoms with E-state index in [-0.39, 0.29) is 5.91 Å². The van der Waals surface area contributed by atoms with Crippen LogP contribution in [0, 0.1) is 0 Å². The quantitative estimate of drug-likeness (QED) is 0.667. The number of hydrogen-bond acceptors (Lipinski definition) is 4. The van der Waals surface area contributed by atoms with Gasteiger partial charge in [0.05, 0.1) is 24.9 Å². The molecule has 7 heteroatoms. The topological polar surface area (TPSA) is 59.6 Å². The average molecular weight is 397 g/mol. The number of nitrogens with one attached hydrogen (secondary N) is 2. The molecule has 0 unspecified atom stereocenters. The van der Waals surface area contributed by atoms with Gasteiger partial charge in [-0.05, 0) is 24.1 Å². The number of rotatable bonds is 9. The zero-order valence-corrected chi connectivity index (χ0v) is 16.3. The molecule has 2 aromatic rings. The van der Waals surface area contributed by atoms with Crippen molar-refractivity contribution in [1.82, 2.24) is 5.32 Å². The van der Waals surface area contributed by atoms with Gasteiger partial charge in [0.1, 0.15) is 11.5 Å². The Morgan fingerprint density at radius 2 is 1.69 bits per heavy atom. The number of amides is 1. The Balaban J connectivity index is 1.76. The minimum absolute atomic E-state index is 0.0219. The maximum atomic E-state index is 12.0. The minimum atomic E-state index is -0.0219. The normalized spacial score (nSPS) is 10.3. The summed E-state index contributed by atoms with van der Waals surface area (Å²) in [5, 5.41) is 7.25. The molecular formula is C19H22Cl2N2O3. The SMILES string of the molecule is COc1cc(NCCC(=O)NCCc2ccc(Cl)cc2)c(OC)cc1Cl. The van der Waals surface area contributed by atoms with Gasteiger partial charge < -0.3 is 20.1 Å². The first-order chi connectivity index (χ1) is 12.5. The Morgan fingerprint density at radius 1 is 1.00 bits per heavy atom. The summed E-state index contributed by atoms with van der Waals surface area (Å²) in [7, 11) is 3.11. The molecule has 0 bridgehead atoms. The molecule has 0 radical (unpaired) electrons. The molecule has 26 heavy (non-hydrogen) atoms. The maximum Gasteiger partial charge on any atom is 0.221 e. The average Bonchev–Trinajstić information content (AvgIpc) is 2.64. The lowest BCUT2D eigenvalue weighted by Gasteiger charge is -2.14. The highest BCUT2D eigenvalue weighted by Gasteiger charge is 2.10. The molecule has 0 aliphatic heterocycles. The Labute approximate surface area is 163 Å². The predicted molar refractivity (Wildman–Crippen MR) is 106 cm³/mol. The van der Waals surface area contributed by atoms with E-state index in [1.54, 1.807) is 26.4 Å². The van der Waals surface area contributed by atoms with Gasteiger partial charge in [0.15, 0.2) is 0 Å². The van der Waals surface area contributed by atoms with E-state index in [1.807, 2.05) is 24.3 Å². The Bertz CT molecular complexity index is 736. The second-order valence-corrected chi connectivity index (χ2v) is 6.43. The molecule has 1 amide bonds. The highest BCUT2D eigenvalue weighted by atomic mass is 35.5. The van der Waals surface area contributed by atoms with Gasteiger partial charge in [-0.3, -0.25) is 4.79 Å². The molecule has 0 atom stereocenters. The predicted octanol–water partition coefficient (Wildman–Crippen LogP) is 4.17. The Morgan fingerprint density at radius 3 is 2.35 bits per heavy atom. The van der Waals surface area contributed by atoms with E-state index < -0.39 is 0 Å². The lowest BCUT2D eigenvalue weighted by atomic mass is 10.1. The van der Waals surface area contributed by atoms with E-state index in [2.05, 4.69) is 10.6 Å². The number of carbonyl (C=O) groups excluding carboxylic acids is 1. The molecular weight excluding hydrogens is 375 g/mol. The molecule has 0 spiro atoms. The van der Waals surface area contributed by atoms with Gasteiger partial charge in [-0.15, -0.1) is 0 Å². The van der Waals surface area contributed by atoms with Crippen molar-refractivity contribution in [3.63, 3.8) is 0 Å². The number of anilines is 1. The van der Waals surface area contributed by atoms with Crippen molar-refractivity contribution >= 4 is 34.8 Å². The highest BCUT2D eigenvalue weighted by molar-refractivity contribution is 6.32. The molecule has 0 saturated heterocycles. The molecule has 2 rings (SSSR count). The van der Waals surface area contributed by atoms with Crippen LogP contribution in [0.2, 0.25) is 10.0 Å². The van der Waals surface area contributed by atoms with Crippen molar-refractivity contribution in [2.75, 3.05) is 32.6 Å². The Hall–Kier alpha value is -2.11. The fourth-order valence-electron chi connectivity index (χ4n) is 2.40. The van der Waals surface area contributed by atoms with Gasteiger partial charge in [0.2, 0.25) is 5.91 Å². The van der Waals surface area contributed by atoms with Gasteiger partial charge in [0, 0.05) is 36.7 Å².